The van der Waals surface area contributed by atoms with Crippen LogP contribution in [-0.2, 0) is 0 Å². The summed E-state index contributed by atoms with van der Waals surface area (Å²) in [6, 6.07) is 6.91. The second kappa shape index (κ2) is 5.40. The van der Waals surface area contributed by atoms with Gasteiger partial charge >= 0.3 is 0 Å². The van der Waals surface area contributed by atoms with E-state index in [4.69, 9.17) is 4.74 Å². The fourth-order valence-electron chi connectivity index (χ4n) is 1.45. The number of ether oxygens (including phenoxy) is 1. The maximum Gasteiger partial charge on any atom is 0.219 e. The quantitative estimate of drug-likeness (QED) is 0.773. The van der Waals surface area contributed by atoms with Crippen molar-refractivity contribution in [2.75, 3.05) is 0 Å². The van der Waals surface area contributed by atoms with Crippen LogP contribution in [0.1, 0.15) is 24.2 Å². The molecule has 0 radical (unpaired) electrons. The molecule has 0 atom stereocenters. The Bertz CT molecular complexity index is 521. The van der Waals surface area contributed by atoms with Gasteiger partial charge in [-0.2, -0.15) is 0 Å². The highest BCUT2D eigenvalue weighted by Gasteiger charge is 2.10. The van der Waals surface area contributed by atoms with E-state index in [0.29, 0.717) is 17.2 Å². The minimum atomic E-state index is -0.0289. The SMILES string of the molecule is CC(C)C(=O)c1ccc(Oc2ccncc2)nc1. The number of ketones is 1. The van der Waals surface area contributed by atoms with Crippen molar-refractivity contribution in [1.29, 1.82) is 0 Å². The summed E-state index contributed by atoms with van der Waals surface area (Å²) in [4.78, 5) is 19.7. The molecule has 2 aromatic rings. The molecule has 0 aliphatic rings. The summed E-state index contributed by atoms with van der Waals surface area (Å²) >= 11 is 0. The molecule has 0 unspecified atom stereocenters. The highest BCUT2D eigenvalue weighted by atomic mass is 16.5. The Morgan fingerprint density at radius 1 is 1.17 bits per heavy atom. The maximum absolute atomic E-state index is 11.7. The normalized spacial score (nSPS) is 10.4. The van der Waals surface area contributed by atoms with E-state index in [9.17, 15) is 4.79 Å². The van der Waals surface area contributed by atoms with Gasteiger partial charge in [-0.15, -0.1) is 0 Å². The van der Waals surface area contributed by atoms with Gasteiger partial charge in [0.05, 0.1) is 0 Å². The molecule has 0 saturated carbocycles. The molecular formula is C14H14N2O2. The first-order valence-electron chi connectivity index (χ1n) is 5.75. The zero-order valence-electron chi connectivity index (χ0n) is 10.3. The molecule has 0 saturated heterocycles. The van der Waals surface area contributed by atoms with Crippen molar-refractivity contribution in [2.24, 2.45) is 5.92 Å². The smallest absolute Gasteiger partial charge is 0.219 e. The number of carbonyl (C=O) groups is 1. The average Bonchev–Trinajstić information content (AvgIpc) is 2.40. The number of hydrogen-bond acceptors (Lipinski definition) is 4. The Labute approximate surface area is 106 Å². The Balaban J connectivity index is 2.11. The van der Waals surface area contributed by atoms with Gasteiger partial charge in [0.2, 0.25) is 5.88 Å². The first kappa shape index (κ1) is 12.2. The number of carbonyl (C=O) groups excluding carboxylic acids is 1. The molecule has 0 bridgehead atoms. The zero-order chi connectivity index (χ0) is 13.0. The third kappa shape index (κ3) is 2.91. The summed E-state index contributed by atoms with van der Waals surface area (Å²) in [5.41, 5.74) is 0.604. The lowest BCUT2D eigenvalue weighted by Gasteiger charge is -2.06. The highest BCUT2D eigenvalue weighted by Crippen LogP contribution is 2.18. The third-order valence-electron chi connectivity index (χ3n) is 2.42. The van der Waals surface area contributed by atoms with Gasteiger partial charge in [0, 0.05) is 36.1 Å². The number of pyridine rings is 2. The van der Waals surface area contributed by atoms with Crippen LogP contribution in [0.25, 0.3) is 0 Å². The second-order valence-corrected chi connectivity index (χ2v) is 4.19. The van der Waals surface area contributed by atoms with Crippen molar-refractivity contribution in [3.8, 4) is 11.6 Å². The van der Waals surface area contributed by atoms with Gasteiger partial charge < -0.3 is 4.74 Å². The van der Waals surface area contributed by atoms with Gasteiger partial charge in [0.1, 0.15) is 5.75 Å². The molecule has 4 nitrogen and oxygen atoms in total. The fourth-order valence-corrected chi connectivity index (χ4v) is 1.45. The summed E-state index contributed by atoms with van der Waals surface area (Å²) in [5, 5.41) is 0. The summed E-state index contributed by atoms with van der Waals surface area (Å²) < 4.78 is 5.51. The first-order valence-corrected chi connectivity index (χ1v) is 5.75. The Hall–Kier alpha value is -2.23. The predicted octanol–water partition coefficient (Wildman–Crippen LogP) is 3.11. The largest absolute Gasteiger partial charge is 0.439 e. The minimum Gasteiger partial charge on any atom is -0.439 e. The van der Waals surface area contributed by atoms with Gasteiger partial charge in [-0.05, 0) is 18.2 Å². The van der Waals surface area contributed by atoms with Gasteiger partial charge in [-0.25, -0.2) is 4.98 Å². The van der Waals surface area contributed by atoms with Gasteiger partial charge in [-0.1, -0.05) is 13.8 Å². The molecule has 2 heterocycles. The van der Waals surface area contributed by atoms with Crippen LogP contribution in [0.4, 0.5) is 0 Å². The highest BCUT2D eigenvalue weighted by molar-refractivity contribution is 5.97. The maximum atomic E-state index is 11.7. The predicted molar refractivity (Wildman–Crippen MR) is 67.7 cm³/mol. The second-order valence-electron chi connectivity index (χ2n) is 4.19. The molecule has 4 heteroatoms. The molecule has 0 aromatic carbocycles. The number of hydrogen-bond donors (Lipinski definition) is 0. The van der Waals surface area contributed by atoms with E-state index in [1.165, 1.54) is 0 Å². The van der Waals surface area contributed by atoms with E-state index in [0.717, 1.165) is 0 Å². The fraction of sp³-hybridized carbons (Fsp3) is 0.214. The summed E-state index contributed by atoms with van der Waals surface area (Å²) in [7, 11) is 0. The number of rotatable bonds is 4. The number of aromatic nitrogens is 2. The lowest BCUT2D eigenvalue weighted by molar-refractivity contribution is 0.0939. The van der Waals surface area contributed by atoms with Gasteiger partial charge in [0.25, 0.3) is 0 Å². The summed E-state index contributed by atoms with van der Waals surface area (Å²) in [6.45, 7) is 3.73. The van der Waals surface area contributed by atoms with E-state index in [-0.39, 0.29) is 11.7 Å². The summed E-state index contributed by atoms with van der Waals surface area (Å²) in [6.07, 6.45) is 4.83. The third-order valence-corrected chi connectivity index (χ3v) is 2.42. The minimum absolute atomic E-state index is 0.0289. The first-order chi connectivity index (χ1) is 8.66. The standard InChI is InChI=1S/C14H14N2O2/c1-10(2)14(17)11-3-4-13(16-9-11)18-12-5-7-15-8-6-12/h3-10H,1-2H3. The van der Waals surface area contributed by atoms with Crippen molar-refractivity contribution < 1.29 is 9.53 Å². The van der Waals surface area contributed by atoms with Crippen molar-refractivity contribution in [3.63, 3.8) is 0 Å². The number of Topliss-reactive ketones (excluding diaryl/α,β-unsaturated/α-hetero) is 1. The topological polar surface area (TPSA) is 52.1 Å². The van der Waals surface area contributed by atoms with Crippen LogP contribution >= 0.6 is 0 Å². The van der Waals surface area contributed by atoms with Crippen LogP contribution in [0.2, 0.25) is 0 Å². The zero-order valence-corrected chi connectivity index (χ0v) is 10.3. The van der Waals surface area contributed by atoms with Gasteiger partial charge in [0.15, 0.2) is 5.78 Å². The summed E-state index contributed by atoms with van der Waals surface area (Å²) in [5.74, 6) is 1.18. The van der Waals surface area contributed by atoms with Crippen LogP contribution in [0, 0.1) is 5.92 Å². The van der Waals surface area contributed by atoms with E-state index in [2.05, 4.69) is 9.97 Å². The van der Waals surface area contributed by atoms with Crippen molar-refractivity contribution in [1.82, 2.24) is 9.97 Å². The molecule has 2 rings (SSSR count). The van der Waals surface area contributed by atoms with Crippen LogP contribution < -0.4 is 4.74 Å². The average molecular weight is 242 g/mol. The molecule has 0 aliphatic carbocycles. The lowest BCUT2D eigenvalue weighted by Crippen LogP contribution is -2.07. The Morgan fingerprint density at radius 2 is 1.89 bits per heavy atom. The van der Waals surface area contributed by atoms with Crippen LogP contribution in [0.15, 0.2) is 42.9 Å². The molecule has 0 amide bonds. The monoisotopic (exact) mass is 242 g/mol. The van der Waals surface area contributed by atoms with Crippen LogP contribution in [0.3, 0.4) is 0 Å². The van der Waals surface area contributed by atoms with E-state index >= 15 is 0 Å². The molecule has 0 aliphatic heterocycles. The number of nitrogens with zero attached hydrogens (tertiary/aromatic N) is 2. The Morgan fingerprint density at radius 3 is 2.44 bits per heavy atom. The van der Waals surface area contributed by atoms with Crippen molar-refractivity contribution in [2.45, 2.75) is 13.8 Å². The molecule has 0 spiro atoms. The van der Waals surface area contributed by atoms with Crippen LogP contribution in [0.5, 0.6) is 11.6 Å². The molecule has 18 heavy (non-hydrogen) atoms. The lowest BCUT2D eigenvalue weighted by atomic mass is 10.0. The molecular weight excluding hydrogens is 228 g/mol. The van der Waals surface area contributed by atoms with Crippen molar-refractivity contribution >= 4 is 5.78 Å². The Kier molecular flexibility index (Phi) is 3.67. The van der Waals surface area contributed by atoms with E-state index < -0.39 is 0 Å². The van der Waals surface area contributed by atoms with E-state index in [1.54, 1.807) is 42.9 Å². The van der Waals surface area contributed by atoms with Crippen LogP contribution in [-0.4, -0.2) is 15.8 Å². The molecule has 0 fully saturated rings. The molecule has 0 N–H and O–H groups in total. The van der Waals surface area contributed by atoms with Gasteiger partial charge in [-0.3, -0.25) is 9.78 Å². The molecule has 92 valence electrons. The molecule has 2 aromatic heterocycles. The van der Waals surface area contributed by atoms with Crippen molar-refractivity contribution in [3.05, 3.63) is 48.4 Å². The van der Waals surface area contributed by atoms with E-state index in [1.807, 2.05) is 13.8 Å².